The van der Waals surface area contributed by atoms with E-state index in [-0.39, 0.29) is 0 Å². The quantitative estimate of drug-likeness (QED) is 0.785. The Morgan fingerprint density at radius 3 is 2.67 bits per heavy atom. The van der Waals surface area contributed by atoms with E-state index >= 15 is 0 Å². The molecule has 1 aromatic rings. The lowest BCUT2D eigenvalue weighted by atomic mass is 9.74. The molecule has 1 N–H and O–H groups in total. The second kappa shape index (κ2) is 6.42. The molecule has 0 amide bonds. The van der Waals surface area contributed by atoms with Gasteiger partial charge in [0.1, 0.15) is 0 Å². The third-order valence-electron chi connectivity index (χ3n) is 4.70. The smallest absolute Gasteiger partial charge is 0.0935 e. The van der Waals surface area contributed by atoms with Crippen molar-refractivity contribution in [2.24, 2.45) is 5.41 Å². The number of nitrogens with one attached hydrogen (secondary N) is 1. The SMILES string of the molecule is CCCNC(Cc1ccoc1)C1(CC)CCCC1. The van der Waals surface area contributed by atoms with Gasteiger partial charge in [0.05, 0.1) is 12.5 Å². The molecule has 1 aromatic heterocycles. The highest BCUT2D eigenvalue weighted by Crippen LogP contribution is 2.44. The minimum atomic E-state index is 0.520. The molecule has 2 heteroatoms. The van der Waals surface area contributed by atoms with Crippen LogP contribution in [-0.4, -0.2) is 12.6 Å². The van der Waals surface area contributed by atoms with Gasteiger partial charge in [0.2, 0.25) is 0 Å². The molecule has 1 saturated carbocycles. The van der Waals surface area contributed by atoms with E-state index in [0.717, 1.165) is 13.0 Å². The van der Waals surface area contributed by atoms with Gasteiger partial charge in [-0.25, -0.2) is 0 Å². The third-order valence-corrected chi connectivity index (χ3v) is 4.70. The fourth-order valence-electron chi connectivity index (χ4n) is 3.50. The molecule has 0 aliphatic heterocycles. The van der Waals surface area contributed by atoms with Crippen LogP contribution < -0.4 is 5.32 Å². The summed E-state index contributed by atoms with van der Waals surface area (Å²) in [5.41, 5.74) is 1.86. The number of hydrogen-bond acceptors (Lipinski definition) is 2. The zero-order valence-electron chi connectivity index (χ0n) is 11.9. The molecule has 2 rings (SSSR count). The normalized spacial score (nSPS) is 20.1. The van der Waals surface area contributed by atoms with Crippen LogP contribution >= 0.6 is 0 Å². The molecule has 0 bridgehead atoms. The molecule has 1 aliphatic rings. The first-order valence-electron chi connectivity index (χ1n) is 7.55. The van der Waals surface area contributed by atoms with Gasteiger partial charge in [-0.15, -0.1) is 0 Å². The Balaban J connectivity index is 2.07. The summed E-state index contributed by atoms with van der Waals surface area (Å²) in [6.07, 6.45) is 12.9. The van der Waals surface area contributed by atoms with E-state index < -0.39 is 0 Å². The van der Waals surface area contributed by atoms with Crippen LogP contribution in [0.5, 0.6) is 0 Å². The van der Waals surface area contributed by atoms with Crippen LogP contribution in [0.25, 0.3) is 0 Å². The number of hydrogen-bond donors (Lipinski definition) is 1. The van der Waals surface area contributed by atoms with E-state index in [0.29, 0.717) is 11.5 Å². The molecular formula is C16H27NO. The van der Waals surface area contributed by atoms with Crippen molar-refractivity contribution in [1.82, 2.24) is 5.32 Å². The van der Waals surface area contributed by atoms with Crippen LogP contribution in [0.2, 0.25) is 0 Å². The minimum Gasteiger partial charge on any atom is -0.472 e. The summed E-state index contributed by atoms with van der Waals surface area (Å²) >= 11 is 0. The molecule has 0 saturated heterocycles. The van der Waals surface area contributed by atoms with Crippen LogP contribution in [0.15, 0.2) is 23.0 Å². The standard InChI is InChI=1S/C16H27NO/c1-3-10-17-15(12-14-7-11-18-13-14)16(4-2)8-5-6-9-16/h7,11,13,15,17H,3-6,8-10,12H2,1-2H3. The monoisotopic (exact) mass is 249 g/mol. The molecule has 18 heavy (non-hydrogen) atoms. The van der Waals surface area contributed by atoms with E-state index in [2.05, 4.69) is 25.2 Å². The average Bonchev–Trinajstić information content (AvgIpc) is 3.05. The second-order valence-electron chi connectivity index (χ2n) is 5.77. The molecular weight excluding hydrogens is 222 g/mol. The van der Waals surface area contributed by atoms with Crippen molar-refractivity contribution in [2.45, 2.75) is 64.8 Å². The highest BCUT2D eigenvalue weighted by Gasteiger charge is 2.39. The van der Waals surface area contributed by atoms with E-state index in [9.17, 15) is 0 Å². The molecule has 2 nitrogen and oxygen atoms in total. The molecule has 1 heterocycles. The third kappa shape index (κ3) is 2.97. The van der Waals surface area contributed by atoms with Crippen LogP contribution in [0.1, 0.15) is 57.9 Å². The van der Waals surface area contributed by atoms with Gasteiger partial charge >= 0.3 is 0 Å². The first-order valence-corrected chi connectivity index (χ1v) is 7.55. The van der Waals surface area contributed by atoms with E-state index in [1.807, 2.05) is 6.26 Å². The molecule has 0 aromatic carbocycles. The van der Waals surface area contributed by atoms with Gasteiger partial charge in [-0.1, -0.05) is 26.7 Å². The van der Waals surface area contributed by atoms with Crippen LogP contribution in [0.3, 0.4) is 0 Å². The lowest BCUT2D eigenvalue weighted by molar-refractivity contribution is 0.184. The van der Waals surface area contributed by atoms with Crippen LogP contribution in [0.4, 0.5) is 0 Å². The Hall–Kier alpha value is -0.760. The molecule has 0 radical (unpaired) electrons. The average molecular weight is 249 g/mol. The first kappa shape index (κ1) is 13.7. The van der Waals surface area contributed by atoms with Crippen molar-refractivity contribution < 1.29 is 4.42 Å². The number of furan rings is 1. The van der Waals surface area contributed by atoms with Crippen molar-refractivity contribution >= 4 is 0 Å². The van der Waals surface area contributed by atoms with Gasteiger partial charge in [0.25, 0.3) is 0 Å². The fourth-order valence-corrected chi connectivity index (χ4v) is 3.50. The van der Waals surface area contributed by atoms with Crippen molar-refractivity contribution in [3.8, 4) is 0 Å². The van der Waals surface area contributed by atoms with Gasteiger partial charge in [0, 0.05) is 6.04 Å². The van der Waals surface area contributed by atoms with Crippen molar-refractivity contribution in [3.63, 3.8) is 0 Å². The van der Waals surface area contributed by atoms with Gasteiger partial charge in [0.15, 0.2) is 0 Å². The van der Waals surface area contributed by atoms with Crippen molar-refractivity contribution in [3.05, 3.63) is 24.2 Å². The molecule has 102 valence electrons. The maximum atomic E-state index is 5.22. The molecule has 0 spiro atoms. The maximum Gasteiger partial charge on any atom is 0.0935 e. The highest BCUT2D eigenvalue weighted by molar-refractivity contribution is 5.10. The molecule has 1 unspecified atom stereocenters. The van der Waals surface area contributed by atoms with Crippen molar-refractivity contribution in [2.75, 3.05) is 6.54 Å². The second-order valence-corrected chi connectivity index (χ2v) is 5.77. The van der Waals surface area contributed by atoms with E-state index in [1.165, 1.54) is 44.1 Å². The summed E-state index contributed by atoms with van der Waals surface area (Å²) in [7, 11) is 0. The number of rotatable bonds is 7. The fraction of sp³-hybridized carbons (Fsp3) is 0.750. The first-order chi connectivity index (χ1) is 8.80. The molecule has 1 atom stereocenters. The Morgan fingerprint density at radius 2 is 2.11 bits per heavy atom. The summed E-state index contributed by atoms with van der Waals surface area (Å²) in [5, 5.41) is 3.80. The van der Waals surface area contributed by atoms with Gasteiger partial charge < -0.3 is 9.73 Å². The van der Waals surface area contributed by atoms with Crippen molar-refractivity contribution in [1.29, 1.82) is 0 Å². The zero-order valence-corrected chi connectivity index (χ0v) is 11.9. The molecule has 1 aliphatic carbocycles. The summed E-state index contributed by atoms with van der Waals surface area (Å²) in [4.78, 5) is 0. The largest absolute Gasteiger partial charge is 0.472 e. The van der Waals surface area contributed by atoms with Crippen LogP contribution in [-0.2, 0) is 6.42 Å². The Kier molecular flexibility index (Phi) is 4.87. The zero-order chi connectivity index (χ0) is 12.8. The van der Waals surface area contributed by atoms with E-state index in [4.69, 9.17) is 4.42 Å². The summed E-state index contributed by atoms with van der Waals surface area (Å²) in [6.45, 7) is 5.74. The highest BCUT2D eigenvalue weighted by atomic mass is 16.3. The predicted octanol–water partition coefficient (Wildman–Crippen LogP) is 4.16. The topological polar surface area (TPSA) is 25.2 Å². The lowest BCUT2D eigenvalue weighted by Crippen LogP contribution is -2.45. The Morgan fingerprint density at radius 1 is 1.33 bits per heavy atom. The minimum absolute atomic E-state index is 0.520. The Labute approximate surface area is 111 Å². The summed E-state index contributed by atoms with van der Waals surface area (Å²) < 4.78 is 5.22. The van der Waals surface area contributed by atoms with Gasteiger partial charge in [-0.3, -0.25) is 0 Å². The van der Waals surface area contributed by atoms with Gasteiger partial charge in [-0.2, -0.15) is 0 Å². The Bertz CT molecular complexity index is 325. The maximum absolute atomic E-state index is 5.22. The lowest BCUT2D eigenvalue weighted by Gasteiger charge is -2.37. The predicted molar refractivity (Wildman–Crippen MR) is 75.7 cm³/mol. The van der Waals surface area contributed by atoms with Crippen LogP contribution in [0, 0.1) is 5.41 Å². The van der Waals surface area contributed by atoms with Gasteiger partial charge in [-0.05, 0) is 55.7 Å². The van der Waals surface area contributed by atoms with E-state index in [1.54, 1.807) is 6.26 Å². The molecule has 1 fully saturated rings. The summed E-state index contributed by atoms with van der Waals surface area (Å²) in [6, 6.07) is 2.72. The summed E-state index contributed by atoms with van der Waals surface area (Å²) in [5.74, 6) is 0.